The summed E-state index contributed by atoms with van der Waals surface area (Å²) in [6.45, 7) is 3.05. The van der Waals surface area contributed by atoms with Crippen molar-refractivity contribution in [3.8, 4) is 0 Å². The van der Waals surface area contributed by atoms with Crippen LogP contribution in [0.3, 0.4) is 0 Å². The highest BCUT2D eigenvalue weighted by Crippen LogP contribution is 2.24. The van der Waals surface area contributed by atoms with Gasteiger partial charge >= 0.3 is 0 Å². The minimum atomic E-state index is -4.13. The molecular formula is C24H24FN3O4S. The molecule has 3 aromatic carbocycles. The molecule has 33 heavy (non-hydrogen) atoms. The smallest absolute Gasteiger partial charge is 0.264 e. The summed E-state index contributed by atoms with van der Waals surface area (Å²) in [7, 11) is -4.13. The number of hydrogen-bond donors (Lipinski definition) is 2. The first kappa shape index (κ1) is 23.9. The van der Waals surface area contributed by atoms with Gasteiger partial charge in [-0.25, -0.2) is 12.8 Å². The molecule has 0 radical (unpaired) electrons. The Morgan fingerprint density at radius 2 is 1.52 bits per heavy atom. The zero-order chi connectivity index (χ0) is 24.0. The number of hydrogen-bond acceptors (Lipinski definition) is 4. The monoisotopic (exact) mass is 469 g/mol. The zero-order valence-corrected chi connectivity index (χ0v) is 19.0. The first-order valence-corrected chi connectivity index (χ1v) is 11.7. The summed E-state index contributed by atoms with van der Waals surface area (Å²) in [4.78, 5) is 25.4. The molecule has 0 aliphatic carbocycles. The van der Waals surface area contributed by atoms with Crippen LogP contribution in [-0.2, 0) is 14.8 Å². The fourth-order valence-electron chi connectivity index (χ4n) is 3.09. The van der Waals surface area contributed by atoms with Crippen molar-refractivity contribution in [2.45, 2.75) is 24.8 Å². The Kier molecular flexibility index (Phi) is 7.44. The lowest BCUT2D eigenvalue weighted by atomic mass is 10.1. The molecule has 0 aliphatic heterocycles. The molecule has 3 rings (SSSR count). The molecule has 0 spiro atoms. The number of halogens is 1. The molecule has 2 N–H and O–H groups in total. The number of nitrogens with one attached hydrogen (secondary N) is 2. The Balaban J connectivity index is 1.91. The SMILES string of the molecule is CC(C)NC(=O)c1ccccc1NC(=O)CN(c1ccc(F)cc1)S(=O)(=O)c1ccccc1. The number of sulfonamides is 1. The fraction of sp³-hybridized carbons (Fsp3) is 0.167. The van der Waals surface area contributed by atoms with Crippen molar-refractivity contribution in [3.05, 3.63) is 90.2 Å². The molecule has 0 aliphatic rings. The molecule has 0 heterocycles. The van der Waals surface area contributed by atoms with E-state index in [4.69, 9.17) is 0 Å². The van der Waals surface area contributed by atoms with Gasteiger partial charge in [0.15, 0.2) is 0 Å². The van der Waals surface area contributed by atoms with Gasteiger partial charge in [0.2, 0.25) is 5.91 Å². The van der Waals surface area contributed by atoms with Crippen LogP contribution in [-0.4, -0.2) is 32.8 Å². The summed E-state index contributed by atoms with van der Waals surface area (Å²) in [5.41, 5.74) is 0.622. The van der Waals surface area contributed by atoms with Gasteiger partial charge in [0, 0.05) is 6.04 Å². The highest BCUT2D eigenvalue weighted by atomic mass is 32.2. The van der Waals surface area contributed by atoms with Crippen LogP contribution >= 0.6 is 0 Å². The second kappa shape index (κ2) is 10.3. The second-order valence-electron chi connectivity index (χ2n) is 7.52. The van der Waals surface area contributed by atoms with Crippen molar-refractivity contribution in [3.63, 3.8) is 0 Å². The van der Waals surface area contributed by atoms with Gasteiger partial charge in [0.05, 0.1) is 21.8 Å². The fourth-order valence-corrected chi connectivity index (χ4v) is 4.53. The molecule has 7 nitrogen and oxygen atoms in total. The number of rotatable bonds is 8. The van der Waals surface area contributed by atoms with E-state index in [1.165, 1.54) is 24.3 Å². The molecule has 0 bridgehead atoms. The molecule has 0 aromatic heterocycles. The minimum Gasteiger partial charge on any atom is -0.350 e. The van der Waals surface area contributed by atoms with Crippen LogP contribution in [0.5, 0.6) is 0 Å². The topological polar surface area (TPSA) is 95.6 Å². The predicted molar refractivity (Wildman–Crippen MR) is 125 cm³/mol. The molecule has 0 saturated heterocycles. The first-order valence-electron chi connectivity index (χ1n) is 10.2. The third kappa shape index (κ3) is 5.95. The van der Waals surface area contributed by atoms with E-state index in [1.54, 1.807) is 42.5 Å². The zero-order valence-electron chi connectivity index (χ0n) is 18.2. The highest BCUT2D eigenvalue weighted by molar-refractivity contribution is 7.92. The number of carbonyl (C=O) groups is 2. The Bertz CT molecular complexity index is 1230. The normalized spacial score (nSPS) is 11.2. The van der Waals surface area contributed by atoms with E-state index in [1.807, 2.05) is 13.8 Å². The Morgan fingerprint density at radius 1 is 0.909 bits per heavy atom. The summed E-state index contributed by atoms with van der Waals surface area (Å²) < 4.78 is 40.9. The molecule has 0 unspecified atom stereocenters. The molecule has 0 atom stereocenters. The van der Waals surface area contributed by atoms with Gasteiger partial charge in [0.1, 0.15) is 12.4 Å². The van der Waals surface area contributed by atoms with Crippen LogP contribution in [0.1, 0.15) is 24.2 Å². The number of nitrogens with zero attached hydrogens (tertiary/aromatic N) is 1. The maximum atomic E-state index is 13.4. The van der Waals surface area contributed by atoms with Gasteiger partial charge in [-0.05, 0) is 62.4 Å². The van der Waals surface area contributed by atoms with Gasteiger partial charge in [-0.2, -0.15) is 0 Å². The molecule has 0 saturated carbocycles. The maximum absolute atomic E-state index is 13.4. The van der Waals surface area contributed by atoms with E-state index in [0.717, 1.165) is 16.4 Å². The van der Waals surface area contributed by atoms with Crippen molar-refractivity contribution in [1.29, 1.82) is 0 Å². The number of amides is 2. The quantitative estimate of drug-likeness (QED) is 0.525. The van der Waals surface area contributed by atoms with Crippen molar-refractivity contribution >= 4 is 33.2 Å². The predicted octanol–water partition coefficient (Wildman–Crippen LogP) is 3.80. The highest BCUT2D eigenvalue weighted by Gasteiger charge is 2.27. The lowest BCUT2D eigenvalue weighted by molar-refractivity contribution is -0.114. The average molecular weight is 470 g/mol. The van der Waals surface area contributed by atoms with Gasteiger partial charge in [0.25, 0.3) is 15.9 Å². The van der Waals surface area contributed by atoms with E-state index in [0.29, 0.717) is 0 Å². The summed E-state index contributed by atoms with van der Waals surface area (Å²) in [6, 6.07) is 18.8. The van der Waals surface area contributed by atoms with Crippen LogP contribution < -0.4 is 14.9 Å². The summed E-state index contributed by atoms with van der Waals surface area (Å²) in [6.07, 6.45) is 0. The Hall–Kier alpha value is -3.72. The third-order valence-corrected chi connectivity index (χ3v) is 6.39. The molecular weight excluding hydrogens is 445 g/mol. The number of anilines is 2. The van der Waals surface area contributed by atoms with Crippen molar-refractivity contribution in [2.24, 2.45) is 0 Å². The van der Waals surface area contributed by atoms with E-state index in [2.05, 4.69) is 10.6 Å². The van der Waals surface area contributed by atoms with Gasteiger partial charge < -0.3 is 10.6 Å². The van der Waals surface area contributed by atoms with Crippen LogP contribution in [0.4, 0.5) is 15.8 Å². The van der Waals surface area contributed by atoms with Crippen LogP contribution in [0.15, 0.2) is 83.8 Å². The largest absolute Gasteiger partial charge is 0.350 e. The first-order chi connectivity index (χ1) is 15.7. The van der Waals surface area contributed by atoms with E-state index in [-0.39, 0.29) is 33.8 Å². The van der Waals surface area contributed by atoms with Crippen molar-refractivity contribution in [1.82, 2.24) is 5.32 Å². The second-order valence-corrected chi connectivity index (χ2v) is 9.39. The Morgan fingerprint density at radius 3 is 2.15 bits per heavy atom. The van der Waals surface area contributed by atoms with E-state index in [9.17, 15) is 22.4 Å². The number of benzene rings is 3. The number of carbonyl (C=O) groups excluding carboxylic acids is 2. The van der Waals surface area contributed by atoms with Crippen LogP contribution in [0, 0.1) is 5.82 Å². The van der Waals surface area contributed by atoms with E-state index < -0.39 is 28.3 Å². The van der Waals surface area contributed by atoms with Gasteiger partial charge in [-0.1, -0.05) is 30.3 Å². The maximum Gasteiger partial charge on any atom is 0.264 e. The molecule has 3 aromatic rings. The minimum absolute atomic E-state index is 0.0150. The summed E-state index contributed by atoms with van der Waals surface area (Å²) >= 11 is 0. The number of para-hydroxylation sites is 1. The lowest BCUT2D eigenvalue weighted by Gasteiger charge is -2.24. The lowest BCUT2D eigenvalue weighted by Crippen LogP contribution is -2.38. The Labute approximate surface area is 192 Å². The average Bonchev–Trinajstić information content (AvgIpc) is 2.78. The third-order valence-electron chi connectivity index (χ3n) is 4.60. The van der Waals surface area contributed by atoms with Crippen molar-refractivity contribution < 1.29 is 22.4 Å². The molecule has 172 valence electrons. The molecule has 0 fully saturated rings. The van der Waals surface area contributed by atoms with Gasteiger partial charge in [-0.15, -0.1) is 0 Å². The van der Waals surface area contributed by atoms with E-state index >= 15 is 0 Å². The summed E-state index contributed by atoms with van der Waals surface area (Å²) in [5.74, 6) is -1.57. The molecule has 2 amide bonds. The van der Waals surface area contributed by atoms with Crippen LogP contribution in [0.2, 0.25) is 0 Å². The van der Waals surface area contributed by atoms with Gasteiger partial charge in [-0.3, -0.25) is 13.9 Å². The summed E-state index contributed by atoms with van der Waals surface area (Å²) in [5, 5.41) is 5.38. The van der Waals surface area contributed by atoms with Crippen LogP contribution in [0.25, 0.3) is 0 Å². The molecule has 9 heteroatoms. The standard InChI is InChI=1S/C24H24FN3O4S/c1-17(2)26-24(30)21-10-6-7-11-22(21)27-23(29)16-28(19-14-12-18(25)13-15-19)33(31,32)20-8-4-3-5-9-20/h3-15,17H,16H2,1-2H3,(H,26,30)(H,27,29). The van der Waals surface area contributed by atoms with Crippen molar-refractivity contribution in [2.75, 3.05) is 16.2 Å².